The van der Waals surface area contributed by atoms with Crippen molar-refractivity contribution >= 4 is 30.7 Å². The zero-order chi connectivity index (χ0) is 16.9. The van der Waals surface area contributed by atoms with E-state index in [9.17, 15) is 9.18 Å². The highest BCUT2D eigenvalue weighted by Gasteiger charge is 2.34. The molecule has 2 aliphatic rings. The Labute approximate surface area is 168 Å². The van der Waals surface area contributed by atoms with Crippen molar-refractivity contribution in [1.82, 2.24) is 15.1 Å². The van der Waals surface area contributed by atoms with Gasteiger partial charge in [0.15, 0.2) is 0 Å². The molecule has 3 rings (SSSR count). The molecule has 0 spiro atoms. The lowest BCUT2D eigenvalue weighted by molar-refractivity contribution is -0.138. The molecule has 0 aliphatic carbocycles. The molecule has 4 nitrogen and oxygen atoms in total. The second-order valence-corrected chi connectivity index (χ2v) is 7.09. The smallest absolute Gasteiger partial charge is 0.227 e. The van der Waals surface area contributed by atoms with Gasteiger partial charge in [0.2, 0.25) is 5.91 Å². The first kappa shape index (κ1) is 23.2. The molecule has 7 heteroatoms. The number of nitrogens with one attached hydrogen (secondary N) is 1. The van der Waals surface area contributed by atoms with Crippen molar-refractivity contribution < 1.29 is 9.18 Å². The molecule has 0 radical (unpaired) electrons. The number of piperidine rings is 1. The highest BCUT2D eigenvalue weighted by atomic mass is 35.5. The van der Waals surface area contributed by atoms with E-state index >= 15 is 0 Å². The van der Waals surface area contributed by atoms with Crippen LogP contribution in [0.15, 0.2) is 24.3 Å². The van der Waals surface area contributed by atoms with E-state index in [1.807, 2.05) is 13.1 Å². The summed E-state index contributed by atoms with van der Waals surface area (Å²) >= 11 is 0. The number of halogens is 3. The molecule has 0 saturated carbocycles. The van der Waals surface area contributed by atoms with Crippen molar-refractivity contribution in [3.8, 4) is 0 Å². The fourth-order valence-corrected chi connectivity index (χ4v) is 4.10. The summed E-state index contributed by atoms with van der Waals surface area (Å²) in [6.45, 7) is 4.27. The van der Waals surface area contributed by atoms with Crippen LogP contribution in [0.4, 0.5) is 4.39 Å². The van der Waals surface area contributed by atoms with Crippen LogP contribution in [0.25, 0.3) is 0 Å². The number of hydrogen-bond donors (Lipinski definition) is 1. The molecule has 1 aromatic rings. The van der Waals surface area contributed by atoms with E-state index in [2.05, 4.69) is 15.1 Å². The number of likely N-dealkylation sites (tertiary alicyclic amines) is 2. The van der Waals surface area contributed by atoms with Gasteiger partial charge in [-0.15, -0.1) is 24.8 Å². The summed E-state index contributed by atoms with van der Waals surface area (Å²) in [6.07, 6.45) is 4.22. The van der Waals surface area contributed by atoms with E-state index < -0.39 is 0 Å². The molecular weight excluding hydrogens is 376 g/mol. The number of benzene rings is 1. The maximum Gasteiger partial charge on any atom is 0.227 e. The third-order valence-electron chi connectivity index (χ3n) is 5.25. The standard InChI is InChI=1S/C19H28FN3O.2ClH/c1-21-12-18-8-4-10-23(18)19(24)16-6-3-9-22(14-16)13-15-5-2-7-17(20)11-15;;/h2,5,7,11,16,18,21H,3-4,6,8-10,12-14H2,1H3;2*1H. The average molecular weight is 406 g/mol. The van der Waals surface area contributed by atoms with Crippen LogP contribution < -0.4 is 5.32 Å². The summed E-state index contributed by atoms with van der Waals surface area (Å²) in [5, 5.41) is 3.20. The predicted octanol–water partition coefficient (Wildman–Crippen LogP) is 3.09. The monoisotopic (exact) mass is 405 g/mol. The van der Waals surface area contributed by atoms with Gasteiger partial charge < -0.3 is 10.2 Å². The van der Waals surface area contributed by atoms with E-state index in [0.717, 1.165) is 64.0 Å². The summed E-state index contributed by atoms with van der Waals surface area (Å²) in [6, 6.07) is 7.12. The van der Waals surface area contributed by atoms with Crippen molar-refractivity contribution in [2.75, 3.05) is 33.2 Å². The maximum absolute atomic E-state index is 13.4. The average Bonchev–Trinajstić information content (AvgIpc) is 3.03. The van der Waals surface area contributed by atoms with Crippen LogP contribution in [-0.4, -0.2) is 55.0 Å². The first-order valence-electron chi connectivity index (χ1n) is 9.09. The largest absolute Gasteiger partial charge is 0.338 e. The molecule has 1 N–H and O–H groups in total. The van der Waals surface area contributed by atoms with Crippen molar-refractivity contribution in [1.29, 1.82) is 0 Å². The Bertz CT molecular complexity index is 575. The topological polar surface area (TPSA) is 35.6 Å². The zero-order valence-electron chi connectivity index (χ0n) is 15.3. The van der Waals surface area contributed by atoms with Gasteiger partial charge >= 0.3 is 0 Å². The number of carbonyl (C=O) groups is 1. The van der Waals surface area contributed by atoms with Gasteiger partial charge in [0, 0.05) is 32.2 Å². The molecule has 2 fully saturated rings. The molecule has 2 saturated heterocycles. The van der Waals surface area contributed by atoms with Crippen molar-refractivity contribution in [2.45, 2.75) is 38.3 Å². The van der Waals surface area contributed by atoms with Gasteiger partial charge in [-0.3, -0.25) is 9.69 Å². The minimum atomic E-state index is -0.191. The molecule has 1 amide bonds. The summed E-state index contributed by atoms with van der Waals surface area (Å²) in [4.78, 5) is 17.3. The molecular formula is C19H30Cl2FN3O. The molecule has 2 heterocycles. The highest BCUT2D eigenvalue weighted by Crippen LogP contribution is 2.25. The molecule has 2 unspecified atom stereocenters. The fourth-order valence-electron chi connectivity index (χ4n) is 4.10. The predicted molar refractivity (Wildman–Crippen MR) is 108 cm³/mol. The van der Waals surface area contributed by atoms with Crippen LogP contribution in [-0.2, 0) is 11.3 Å². The number of carbonyl (C=O) groups excluding carboxylic acids is 1. The Kier molecular flexibility index (Phi) is 9.86. The van der Waals surface area contributed by atoms with Gasteiger partial charge in [-0.1, -0.05) is 12.1 Å². The zero-order valence-corrected chi connectivity index (χ0v) is 17.0. The highest BCUT2D eigenvalue weighted by molar-refractivity contribution is 5.85. The molecule has 2 aliphatic heterocycles. The van der Waals surface area contributed by atoms with Gasteiger partial charge in [0.05, 0.1) is 5.92 Å². The number of nitrogens with zero attached hydrogens (tertiary/aromatic N) is 2. The number of hydrogen-bond acceptors (Lipinski definition) is 3. The minimum absolute atomic E-state index is 0. The summed E-state index contributed by atoms with van der Waals surface area (Å²) in [5.74, 6) is 0.213. The van der Waals surface area contributed by atoms with Gasteiger partial charge in [0.1, 0.15) is 5.82 Å². The fraction of sp³-hybridized carbons (Fsp3) is 0.632. The summed E-state index contributed by atoms with van der Waals surface area (Å²) in [5.41, 5.74) is 0.984. The van der Waals surface area contributed by atoms with E-state index in [4.69, 9.17) is 0 Å². The van der Waals surface area contributed by atoms with Crippen molar-refractivity contribution in [3.05, 3.63) is 35.6 Å². The van der Waals surface area contributed by atoms with Crippen LogP contribution in [0.2, 0.25) is 0 Å². The van der Waals surface area contributed by atoms with Crippen LogP contribution in [0, 0.1) is 11.7 Å². The summed E-state index contributed by atoms with van der Waals surface area (Å²) in [7, 11) is 1.95. The van der Waals surface area contributed by atoms with Crippen LogP contribution in [0.3, 0.4) is 0 Å². The van der Waals surface area contributed by atoms with E-state index in [-0.39, 0.29) is 36.5 Å². The van der Waals surface area contributed by atoms with Gasteiger partial charge in [0.25, 0.3) is 0 Å². The molecule has 2 atom stereocenters. The van der Waals surface area contributed by atoms with Gasteiger partial charge in [-0.25, -0.2) is 4.39 Å². The number of rotatable bonds is 5. The van der Waals surface area contributed by atoms with E-state index in [1.54, 1.807) is 12.1 Å². The molecule has 1 aromatic carbocycles. The minimum Gasteiger partial charge on any atom is -0.338 e. The lowest BCUT2D eigenvalue weighted by atomic mass is 9.95. The molecule has 26 heavy (non-hydrogen) atoms. The Morgan fingerprint density at radius 3 is 2.73 bits per heavy atom. The van der Waals surface area contributed by atoms with E-state index in [0.29, 0.717) is 11.9 Å². The lowest BCUT2D eigenvalue weighted by Crippen LogP contribution is -2.48. The summed E-state index contributed by atoms with van der Waals surface area (Å²) < 4.78 is 13.4. The Hall–Kier alpha value is -0.880. The SMILES string of the molecule is CNCC1CCCN1C(=O)C1CCCN(Cc2cccc(F)c2)C1.Cl.Cl. The molecule has 148 valence electrons. The van der Waals surface area contributed by atoms with E-state index in [1.165, 1.54) is 6.07 Å². The third kappa shape index (κ3) is 5.81. The van der Waals surface area contributed by atoms with Crippen LogP contribution >= 0.6 is 24.8 Å². The molecule has 0 bridgehead atoms. The first-order valence-corrected chi connectivity index (χ1v) is 9.09. The number of amides is 1. The second-order valence-electron chi connectivity index (χ2n) is 7.09. The Morgan fingerprint density at radius 2 is 2.00 bits per heavy atom. The quantitative estimate of drug-likeness (QED) is 0.817. The Morgan fingerprint density at radius 1 is 1.23 bits per heavy atom. The van der Waals surface area contributed by atoms with Crippen molar-refractivity contribution in [3.63, 3.8) is 0 Å². The lowest BCUT2D eigenvalue weighted by Gasteiger charge is -2.35. The van der Waals surface area contributed by atoms with Gasteiger partial charge in [-0.2, -0.15) is 0 Å². The van der Waals surface area contributed by atoms with Crippen LogP contribution in [0.1, 0.15) is 31.2 Å². The second kappa shape index (κ2) is 11.1. The molecule has 0 aromatic heterocycles. The van der Waals surface area contributed by atoms with Crippen LogP contribution in [0.5, 0.6) is 0 Å². The first-order chi connectivity index (χ1) is 11.7. The third-order valence-corrected chi connectivity index (χ3v) is 5.25. The Balaban J connectivity index is 0.00000169. The van der Waals surface area contributed by atoms with Gasteiger partial charge in [-0.05, 0) is 57.0 Å². The normalized spacial score (nSPS) is 23.2. The van der Waals surface area contributed by atoms with Crippen molar-refractivity contribution in [2.24, 2.45) is 5.92 Å². The number of likely N-dealkylation sites (N-methyl/N-ethyl adjacent to an activating group) is 1. The maximum atomic E-state index is 13.4.